The molecule has 2 aromatic rings. The third-order valence-corrected chi connectivity index (χ3v) is 3.77. The Kier molecular flexibility index (Phi) is 3.67. The summed E-state index contributed by atoms with van der Waals surface area (Å²) in [6, 6.07) is 1.89. The number of nitrogens with zero attached hydrogens (tertiary/aromatic N) is 4. The van der Waals surface area contributed by atoms with Crippen LogP contribution in [0.1, 0.15) is 6.92 Å². The van der Waals surface area contributed by atoms with Crippen LogP contribution in [0, 0.1) is 11.8 Å². The molecular formula is C15H19N5O. The summed E-state index contributed by atoms with van der Waals surface area (Å²) >= 11 is 0. The number of aromatic nitrogens is 3. The van der Waals surface area contributed by atoms with Gasteiger partial charge in [-0.3, -0.25) is 9.36 Å². The van der Waals surface area contributed by atoms with Crippen molar-refractivity contribution in [3.8, 4) is 11.8 Å². The van der Waals surface area contributed by atoms with Crippen molar-refractivity contribution in [1.82, 2.24) is 19.4 Å². The van der Waals surface area contributed by atoms with E-state index in [1.807, 2.05) is 17.6 Å². The Hall–Kier alpha value is -2.26. The predicted octanol–water partition coefficient (Wildman–Crippen LogP) is 0.168. The lowest BCUT2D eigenvalue weighted by molar-refractivity contribution is 0.573. The van der Waals surface area contributed by atoms with Gasteiger partial charge in [0, 0.05) is 39.4 Å². The van der Waals surface area contributed by atoms with E-state index < -0.39 is 0 Å². The summed E-state index contributed by atoms with van der Waals surface area (Å²) in [5.41, 5.74) is 1.35. The summed E-state index contributed by atoms with van der Waals surface area (Å²) < 4.78 is 3.53. The molecule has 0 aliphatic carbocycles. The van der Waals surface area contributed by atoms with Gasteiger partial charge in [-0.25, -0.2) is 4.98 Å². The van der Waals surface area contributed by atoms with Crippen LogP contribution in [0.3, 0.4) is 0 Å². The Bertz CT molecular complexity index is 771. The average Bonchev–Trinajstić information content (AvgIpc) is 2.89. The molecule has 0 atom stereocenters. The number of aryl methyl sites for hydroxylation is 1. The highest BCUT2D eigenvalue weighted by Gasteiger charge is 2.20. The molecule has 0 aromatic carbocycles. The number of hydrogen-bond donors (Lipinski definition) is 1. The molecule has 1 aliphatic rings. The fraction of sp³-hybridized carbons (Fsp3) is 0.467. The van der Waals surface area contributed by atoms with Gasteiger partial charge in [0.05, 0.1) is 12.1 Å². The zero-order valence-corrected chi connectivity index (χ0v) is 12.4. The molecule has 1 saturated heterocycles. The molecular weight excluding hydrogens is 266 g/mol. The topological polar surface area (TPSA) is 55.1 Å². The fourth-order valence-corrected chi connectivity index (χ4v) is 2.63. The zero-order valence-electron chi connectivity index (χ0n) is 12.4. The number of piperazine rings is 1. The minimum Gasteiger partial charge on any atom is -0.340 e. The van der Waals surface area contributed by atoms with Gasteiger partial charge in [0.25, 0.3) is 5.56 Å². The van der Waals surface area contributed by atoms with Crippen molar-refractivity contribution in [2.75, 3.05) is 31.1 Å². The van der Waals surface area contributed by atoms with Crippen LogP contribution in [-0.4, -0.2) is 40.3 Å². The molecule has 1 fully saturated rings. The molecule has 2 aromatic heterocycles. The van der Waals surface area contributed by atoms with Gasteiger partial charge < -0.3 is 14.8 Å². The molecule has 0 unspecified atom stereocenters. The van der Waals surface area contributed by atoms with Gasteiger partial charge >= 0.3 is 0 Å². The zero-order chi connectivity index (χ0) is 14.8. The highest BCUT2D eigenvalue weighted by atomic mass is 16.1. The van der Waals surface area contributed by atoms with Crippen molar-refractivity contribution in [2.45, 2.75) is 13.5 Å². The van der Waals surface area contributed by atoms with E-state index in [4.69, 9.17) is 0 Å². The van der Waals surface area contributed by atoms with E-state index in [9.17, 15) is 4.79 Å². The second-order valence-corrected chi connectivity index (χ2v) is 5.13. The van der Waals surface area contributed by atoms with Crippen LogP contribution in [0.2, 0.25) is 0 Å². The van der Waals surface area contributed by atoms with Gasteiger partial charge in [-0.15, -0.1) is 5.92 Å². The van der Waals surface area contributed by atoms with Crippen molar-refractivity contribution in [3.63, 3.8) is 0 Å². The lowest BCUT2D eigenvalue weighted by Gasteiger charge is -2.28. The number of rotatable bonds is 2. The molecule has 0 spiro atoms. The quantitative estimate of drug-likeness (QED) is 0.799. The molecule has 1 N–H and O–H groups in total. The average molecular weight is 285 g/mol. The molecule has 110 valence electrons. The summed E-state index contributed by atoms with van der Waals surface area (Å²) in [4.78, 5) is 19.3. The maximum Gasteiger partial charge on any atom is 0.276 e. The van der Waals surface area contributed by atoms with Crippen LogP contribution < -0.4 is 15.8 Å². The molecule has 6 nitrogen and oxygen atoms in total. The maximum absolute atomic E-state index is 12.4. The van der Waals surface area contributed by atoms with Crippen molar-refractivity contribution in [2.24, 2.45) is 7.05 Å². The van der Waals surface area contributed by atoms with E-state index in [1.54, 1.807) is 17.8 Å². The van der Waals surface area contributed by atoms with Crippen LogP contribution in [0.4, 0.5) is 5.95 Å². The van der Waals surface area contributed by atoms with Gasteiger partial charge in [0.15, 0.2) is 0 Å². The fourth-order valence-electron chi connectivity index (χ4n) is 2.63. The monoisotopic (exact) mass is 285 g/mol. The van der Waals surface area contributed by atoms with Crippen LogP contribution >= 0.6 is 0 Å². The molecule has 3 rings (SSSR count). The highest BCUT2D eigenvalue weighted by molar-refractivity contribution is 5.78. The van der Waals surface area contributed by atoms with Crippen LogP contribution in [0.5, 0.6) is 0 Å². The van der Waals surface area contributed by atoms with Crippen molar-refractivity contribution < 1.29 is 0 Å². The number of pyridine rings is 1. The van der Waals surface area contributed by atoms with Crippen LogP contribution in [0.25, 0.3) is 11.0 Å². The van der Waals surface area contributed by atoms with Gasteiger partial charge in [-0.05, 0) is 13.0 Å². The van der Waals surface area contributed by atoms with Gasteiger partial charge in [0.2, 0.25) is 5.95 Å². The Morgan fingerprint density at radius 1 is 1.38 bits per heavy atom. The first-order chi connectivity index (χ1) is 10.2. The van der Waals surface area contributed by atoms with Crippen molar-refractivity contribution >= 4 is 17.0 Å². The van der Waals surface area contributed by atoms with E-state index in [-0.39, 0.29) is 5.56 Å². The van der Waals surface area contributed by atoms with Crippen molar-refractivity contribution in [1.29, 1.82) is 0 Å². The predicted molar refractivity (Wildman–Crippen MR) is 83.5 cm³/mol. The smallest absolute Gasteiger partial charge is 0.276 e. The van der Waals surface area contributed by atoms with Gasteiger partial charge in [0.1, 0.15) is 5.52 Å². The molecule has 0 radical (unpaired) electrons. The van der Waals surface area contributed by atoms with Gasteiger partial charge in [-0.2, -0.15) is 0 Å². The standard InChI is InChI=1S/C15H19N5O/c1-3-4-8-20-13-12(5-9-18(2)14(13)21)17-15(20)19-10-6-16-7-11-19/h5,9,16H,6-8,10-11H2,1-2H3. The second-order valence-electron chi connectivity index (χ2n) is 5.13. The number of hydrogen-bond acceptors (Lipinski definition) is 4. The lowest BCUT2D eigenvalue weighted by Crippen LogP contribution is -2.44. The minimum atomic E-state index is -0.0284. The van der Waals surface area contributed by atoms with Crippen LogP contribution in [0.15, 0.2) is 17.1 Å². The first-order valence-electron chi connectivity index (χ1n) is 7.13. The Labute approximate surface area is 123 Å². The summed E-state index contributed by atoms with van der Waals surface area (Å²) in [6.45, 7) is 5.95. The second kappa shape index (κ2) is 5.62. The number of fused-ring (bicyclic) bond motifs is 1. The lowest BCUT2D eigenvalue weighted by atomic mass is 10.4. The Balaban J connectivity index is 2.19. The van der Waals surface area contributed by atoms with E-state index in [2.05, 4.69) is 27.0 Å². The molecule has 0 amide bonds. The van der Waals surface area contributed by atoms with Gasteiger partial charge in [-0.1, -0.05) is 5.92 Å². The molecule has 0 saturated carbocycles. The number of imidazole rings is 1. The van der Waals surface area contributed by atoms with Crippen molar-refractivity contribution in [3.05, 3.63) is 22.6 Å². The summed E-state index contributed by atoms with van der Waals surface area (Å²) in [5.74, 6) is 6.79. The van der Waals surface area contributed by atoms with E-state index in [0.717, 1.165) is 37.6 Å². The highest BCUT2D eigenvalue weighted by Crippen LogP contribution is 2.20. The molecule has 0 bridgehead atoms. The third kappa shape index (κ3) is 2.41. The normalized spacial score (nSPS) is 15.0. The first kappa shape index (κ1) is 13.7. The third-order valence-electron chi connectivity index (χ3n) is 3.77. The maximum atomic E-state index is 12.4. The number of nitrogens with one attached hydrogen (secondary N) is 1. The number of anilines is 1. The Morgan fingerprint density at radius 3 is 2.86 bits per heavy atom. The SMILES string of the molecule is CC#CCn1c(N2CCNCC2)nc2ccn(C)c(=O)c21. The molecule has 21 heavy (non-hydrogen) atoms. The van der Waals surface area contributed by atoms with Crippen LogP contribution in [-0.2, 0) is 13.6 Å². The summed E-state index contributed by atoms with van der Waals surface area (Å²) in [6.07, 6.45) is 1.76. The molecule has 3 heterocycles. The van der Waals surface area contributed by atoms with E-state index >= 15 is 0 Å². The minimum absolute atomic E-state index is 0.0284. The molecule has 6 heteroatoms. The largest absolute Gasteiger partial charge is 0.340 e. The van der Waals surface area contributed by atoms with E-state index in [1.165, 1.54) is 0 Å². The Morgan fingerprint density at radius 2 is 2.14 bits per heavy atom. The van der Waals surface area contributed by atoms with E-state index in [0.29, 0.717) is 12.1 Å². The molecule has 1 aliphatic heterocycles. The summed E-state index contributed by atoms with van der Waals surface area (Å²) in [7, 11) is 1.76. The summed E-state index contributed by atoms with van der Waals surface area (Å²) in [5, 5.41) is 3.33. The first-order valence-corrected chi connectivity index (χ1v) is 7.13.